The molecule has 1 aliphatic heterocycles. The first-order valence-corrected chi connectivity index (χ1v) is 11.0. The predicted octanol–water partition coefficient (Wildman–Crippen LogP) is 4.29. The molecule has 1 heterocycles. The average molecular weight is 510 g/mol. The van der Waals surface area contributed by atoms with Gasteiger partial charge in [0.25, 0.3) is 5.91 Å². The van der Waals surface area contributed by atoms with Gasteiger partial charge in [-0.1, -0.05) is 26.0 Å². The molecule has 1 unspecified atom stereocenters. The number of phenolic OH excluding ortho intramolecular Hbond substituents is 1. The average Bonchev–Trinajstić information content (AvgIpc) is 2.92. The Balaban J connectivity index is 2.37. The van der Waals surface area contributed by atoms with Crippen LogP contribution in [-0.2, 0) is 15.8 Å². The number of nitrogens with one attached hydrogen (secondary N) is 1. The Hall–Kier alpha value is -3.44. The van der Waals surface area contributed by atoms with Crippen molar-refractivity contribution in [3.63, 3.8) is 0 Å². The van der Waals surface area contributed by atoms with E-state index >= 15 is 4.39 Å². The molecule has 0 saturated heterocycles. The highest BCUT2D eigenvalue weighted by Gasteiger charge is 2.39. The lowest BCUT2D eigenvalue weighted by molar-refractivity contribution is -0.137. The zero-order chi connectivity index (χ0) is 26.8. The topological polar surface area (TPSA) is 110 Å². The molecule has 36 heavy (non-hydrogen) atoms. The summed E-state index contributed by atoms with van der Waals surface area (Å²) in [7, 11) is 0. The summed E-state index contributed by atoms with van der Waals surface area (Å²) >= 11 is 0. The summed E-state index contributed by atoms with van der Waals surface area (Å²) in [6.07, 6.45) is -3.92. The third-order valence-electron chi connectivity index (χ3n) is 6.02. The van der Waals surface area contributed by atoms with Gasteiger partial charge in [0, 0.05) is 23.3 Å². The molecule has 11 heteroatoms. The zero-order valence-electron chi connectivity index (χ0n) is 19.6. The standard InChI is InChI=1S/C25H26F4N2O5/c1-24(2,8-9-32)11-18-16(12-33)23(15-7-6-14(10-17(15)26)25(27,28)29)31(21(36)13-34)19-4-3-5-20(35)22(19)30-18/h3-7,9-10,23,30,33-35H,8,11-13H2,1-2H3. The van der Waals surface area contributed by atoms with E-state index in [9.17, 15) is 38.1 Å². The normalized spacial score (nSPS) is 16.3. The number of fused-ring (bicyclic) bond motifs is 1. The number of carbonyl (C=O) groups is 2. The van der Waals surface area contributed by atoms with Crippen molar-refractivity contribution in [1.82, 2.24) is 0 Å². The number of rotatable bonds is 7. The number of hydrogen-bond donors (Lipinski definition) is 4. The minimum atomic E-state index is -4.82. The van der Waals surface area contributed by atoms with Crippen LogP contribution < -0.4 is 10.2 Å². The van der Waals surface area contributed by atoms with Crippen molar-refractivity contribution in [1.29, 1.82) is 0 Å². The fourth-order valence-corrected chi connectivity index (χ4v) is 4.27. The molecule has 0 saturated carbocycles. The fourth-order valence-electron chi connectivity index (χ4n) is 4.27. The molecular formula is C25H26F4N2O5. The van der Waals surface area contributed by atoms with Gasteiger partial charge in [-0.2, -0.15) is 13.2 Å². The van der Waals surface area contributed by atoms with E-state index < -0.39 is 48.1 Å². The van der Waals surface area contributed by atoms with Gasteiger partial charge in [-0.25, -0.2) is 4.39 Å². The number of nitrogens with zero attached hydrogens (tertiary/aromatic N) is 1. The van der Waals surface area contributed by atoms with Gasteiger partial charge in [0.2, 0.25) is 0 Å². The SMILES string of the molecule is CC(C)(CC=O)CC1=C(CO)C(c2ccc(C(F)(F)F)cc2F)N(C(=O)CO)c2cccc(O)c2N1. The van der Waals surface area contributed by atoms with E-state index in [1.165, 1.54) is 18.2 Å². The first-order valence-electron chi connectivity index (χ1n) is 11.0. The number of anilines is 2. The molecule has 1 atom stereocenters. The molecule has 2 aromatic carbocycles. The van der Waals surface area contributed by atoms with E-state index in [4.69, 9.17) is 0 Å². The van der Waals surface area contributed by atoms with E-state index in [-0.39, 0.29) is 46.8 Å². The minimum Gasteiger partial charge on any atom is -0.506 e. The van der Waals surface area contributed by atoms with Crippen LogP contribution in [0.25, 0.3) is 0 Å². The number of halogens is 4. The predicted molar refractivity (Wildman–Crippen MR) is 124 cm³/mol. The van der Waals surface area contributed by atoms with Gasteiger partial charge in [0.1, 0.15) is 30.1 Å². The third-order valence-corrected chi connectivity index (χ3v) is 6.02. The van der Waals surface area contributed by atoms with Crippen LogP contribution in [0.1, 0.15) is 43.9 Å². The number of phenols is 1. The Labute approximate surface area is 204 Å². The highest BCUT2D eigenvalue weighted by atomic mass is 19.4. The van der Waals surface area contributed by atoms with Crippen molar-refractivity contribution in [2.75, 3.05) is 23.4 Å². The molecule has 0 aromatic heterocycles. The number of allylic oxidation sites excluding steroid dienone is 1. The van der Waals surface area contributed by atoms with E-state index in [0.29, 0.717) is 18.4 Å². The Morgan fingerprint density at radius 1 is 1.17 bits per heavy atom. The monoisotopic (exact) mass is 510 g/mol. The number of amides is 1. The molecular weight excluding hydrogens is 484 g/mol. The molecule has 0 radical (unpaired) electrons. The van der Waals surface area contributed by atoms with E-state index in [1.807, 2.05) is 0 Å². The van der Waals surface area contributed by atoms with Gasteiger partial charge in [0.15, 0.2) is 0 Å². The lowest BCUT2D eigenvalue weighted by Gasteiger charge is -2.33. The van der Waals surface area contributed by atoms with Crippen LogP contribution in [-0.4, -0.2) is 40.7 Å². The Morgan fingerprint density at radius 3 is 2.42 bits per heavy atom. The van der Waals surface area contributed by atoms with Gasteiger partial charge in [-0.15, -0.1) is 0 Å². The minimum absolute atomic E-state index is 0.00694. The molecule has 0 aliphatic carbocycles. The number of carbonyl (C=O) groups excluding carboxylic acids is 2. The molecule has 194 valence electrons. The molecule has 1 amide bonds. The van der Waals surface area contributed by atoms with Gasteiger partial charge < -0.3 is 25.4 Å². The van der Waals surface area contributed by atoms with Crippen LogP contribution >= 0.6 is 0 Å². The smallest absolute Gasteiger partial charge is 0.416 e. The van der Waals surface area contributed by atoms with Crippen molar-refractivity contribution in [3.05, 3.63) is 64.6 Å². The number of para-hydroxylation sites is 1. The molecule has 3 rings (SSSR count). The van der Waals surface area contributed by atoms with Gasteiger partial charge in [-0.3, -0.25) is 9.69 Å². The quantitative estimate of drug-likeness (QED) is 0.251. The largest absolute Gasteiger partial charge is 0.506 e. The van der Waals surface area contributed by atoms with Gasteiger partial charge in [-0.05, 0) is 36.1 Å². The number of alkyl halides is 3. The maximum Gasteiger partial charge on any atom is 0.416 e. The molecule has 0 spiro atoms. The molecule has 1 aliphatic rings. The van der Waals surface area contributed by atoms with Crippen molar-refractivity contribution in [2.45, 2.75) is 38.9 Å². The Morgan fingerprint density at radius 2 is 1.86 bits per heavy atom. The van der Waals surface area contributed by atoms with Gasteiger partial charge >= 0.3 is 6.18 Å². The van der Waals surface area contributed by atoms with Crippen molar-refractivity contribution in [2.24, 2.45) is 5.41 Å². The second kappa shape index (κ2) is 10.3. The van der Waals surface area contributed by atoms with Crippen molar-refractivity contribution in [3.8, 4) is 5.75 Å². The summed E-state index contributed by atoms with van der Waals surface area (Å²) in [5, 5.41) is 33.7. The van der Waals surface area contributed by atoms with Crippen LogP contribution in [0.2, 0.25) is 0 Å². The molecule has 7 nitrogen and oxygen atoms in total. The number of aldehydes is 1. The Kier molecular flexibility index (Phi) is 7.75. The zero-order valence-corrected chi connectivity index (χ0v) is 19.6. The van der Waals surface area contributed by atoms with Gasteiger partial charge in [0.05, 0.1) is 23.9 Å². The lowest BCUT2D eigenvalue weighted by atomic mass is 9.82. The molecule has 0 bridgehead atoms. The lowest BCUT2D eigenvalue weighted by Crippen LogP contribution is -2.39. The first-order chi connectivity index (χ1) is 16.8. The number of aliphatic hydroxyl groups is 2. The first kappa shape index (κ1) is 27.2. The van der Waals surface area contributed by atoms with E-state index in [0.717, 1.165) is 11.0 Å². The summed E-state index contributed by atoms with van der Waals surface area (Å²) in [5.74, 6) is -2.54. The summed E-state index contributed by atoms with van der Waals surface area (Å²) in [6, 6.07) is 4.47. The second-order valence-corrected chi connectivity index (χ2v) is 9.23. The second-order valence-electron chi connectivity index (χ2n) is 9.23. The van der Waals surface area contributed by atoms with Crippen molar-refractivity contribution < 1.29 is 42.5 Å². The number of aromatic hydroxyl groups is 1. The highest BCUT2D eigenvalue weighted by molar-refractivity contribution is 6.00. The van der Waals surface area contributed by atoms with Crippen LogP contribution in [0.4, 0.5) is 28.9 Å². The van der Waals surface area contributed by atoms with Crippen molar-refractivity contribution >= 4 is 23.6 Å². The maximum absolute atomic E-state index is 15.3. The number of benzene rings is 2. The fraction of sp³-hybridized carbons (Fsp3) is 0.360. The van der Waals surface area contributed by atoms with Crippen LogP contribution in [0.3, 0.4) is 0 Å². The van der Waals surface area contributed by atoms with Crippen LogP contribution in [0.5, 0.6) is 5.75 Å². The Bertz CT molecular complexity index is 1190. The molecule has 4 N–H and O–H groups in total. The number of aliphatic hydroxyl groups excluding tert-OH is 2. The van der Waals surface area contributed by atoms with E-state index in [2.05, 4.69) is 5.32 Å². The summed E-state index contributed by atoms with van der Waals surface area (Å²) in [5.41, 5.74) is -2.01. The summed E-state index contributed by atoms with van der Waals surface area (Å²) in [6.45, 7) is 1.71. The third kappa shape index (κ3) is 5.36. The molecule has 2 aromatic rings. The van der Waals surface area contributed by atoms with E-state index in [1.54, 1.807) is 13.8 Å². The summed E-state index contributed by atoms with van der Waals surface area (Å²) in [4.78, 5) is 25.1. The highest BCUT2D eigenvalue weighted by Crippen LogP contribution is 2.47. The number of hydrogen-bond acceptors (Lipinski definition) is 6. The molecule has 0 fully saturated rings. The summed E-state index contributed by atoms with van der Waals surface area (Å²) < 4.78 is 54.8. The van der Waals surface area contributed by atoms with Crippen LogP contribution in [0, 0.1) is 11.2 Å². The maximum atomic E-state index is 15.3. The van der Waals surface area contributed by atoms with Crippen LogP contribution in [0.15, 0.2) is 47.7 Å².